The Bertz CT molecular complexity index is 341. The molecule has 1 N–H and O–H groups in total. The zero-order chi connectivity index (χ0) is 12.8. The molecule has 0 aliphatic rings. The van der Waals surface area contributed by atoms with Gasteiger partial charge < -0.3 is 10.0 Å². The Morgan fingerprint density at radius 3 is 2.53 bits per heavy atom. The second kappa shape index (κ2) is 6.92. The van der Waals surface area contributed by atoms with Gasteiger partial charge in [-0.2, -0.15) is 11.8 Å². The summed E-state index contributed by atoms with van der Waals surface area (Å²) in [5, 5.41) is 9.81. The SMILES string of the molecule is CCC(CSC)N(C)c1ccccc1[C@H](C)O. The molecule has 3 heteroatoms. The lowest BCUT2D eigenvalue weighted by atomic mass is 10.1. The van der Waals surface area contributed by atoms with Crippen molar-refractivity contribution >= 4 is 17.4 Å². The van der Waals surface area contributed by atoms with Crippen molar-refractivity contribution in [2.75, 3.05) is 24.0 Å². The quantitative estimate of drug-likeness (QED) is 0.841. The largest absolute Gasteiger partial charge is 0.389 e. The van der Waals surface area contributed by atoms with Crippen molar-refractivity contribution in [3.05, 3.63) is 29.8 Å². The standard InChI is InChI=1S/C14H23NOS/c1-5-12(10-17-4)15(3)14-9-7-6-8-13(14)11(2)16/h6-9,11-12,16H,5,10H2,1-4H3/t11-,12?/m0/s1. The lowest BCUT2D eigenvalue weighted by molar-refractivity contribution is 0.199. The summed E-state index contributed by atoms with van der Waals surface area (Å²) in [5.74, 6) is 1.11. The molecule has 1 aromatic rings. The number of para-hydroxylation sites is 1. The summed E-state index contributed by atoms with van der Waals surface area (Å²) in [6, 6.07) is 8.62. The molecule has 0 aliphatic heterocycles. The Labute approximate surface area is 109 Å². The maximum absolute atomic E-state index is 9.81. The third kappa shape index (κ3) is 3.65. The van der Waals surface area contributed by atoms with Gasteiger partial charge in [-0.05, 0) is 25.7 Å². The monoisotopic (exact) mass is 253 g/mol. The highest BCUT2D eigenvalue weighted by Crippen LogP contribution is 2.27. The molecule has 1 rings (SSSR count). The minimum Gasteiger partial charge on any atom is -0.389 e. The highest BCUT2D eigenvalue weighted by Gasteiger charge is 2.17. The van der Waals surface area contributed by atoms with Gasteiger partial charge in [0.15, 0.2) is 0 Å². The van der Waals surface area contributed by atoms with Crippen molar-refractivity contribution in [3.63, 3.8) is 0 Å². The third-order valence-electron chi connectivity index (χ3n) is 3.14. The van der Waals surface area contributed by atoms with Gasteiger partial charge in [0.25, 0.3) is 0 Å². The fourth-order valence-electron chi connectivity index (χ4n) is 2.05. The Balaban J connectivity index is 2.97. The fraction of sp³-hybridized carbons (Fsp3) is 0.571. The van der Waals surface area contributed by atoms with E-state index >= 15 is 0 Å². The summed E-state index contributed by atoms with van der Waals surface area (Å²) in [5.41, 5.74) is 2.15. The molecule has 0 aliphatic carbocycles. The fourth-order valence-corrected chi connectivity index (χ4v) is 2.90. The summed E-state index contributed by atoms with van der Waals surface area (Å²) in [6.07, 6.45) is 2.84. The van der Waals surface area contributed by atoms with E-state index in [1.54, 1.807) is 0 Å². The predicted molar refractivity (Wildman–Crippen MR) is 77.9 cm³/mol. The summed E-state index contributed by atoms with van der Waals surface area (Å²) in [7, 11) is 2.12. The maximum Gasteiger partial charge on any atom is 0.0781 e. The van der Waals surface area contributed by atoms with Crippen LogP contribution in [0.3, 0.4) is 0 Å². The van der Waals surface area contributed by atoms with Gasteiger partial charge in [0.05, 0.1) is 6.10 Å². The van der Waals surface area contributed by atoms with Crippen LogP contribution >= 0.6 is 11.8 Å². The van der Waals surface area contributed by atoms with Crippen molar-refractivity contribution in [2.24, 2.45) is 0 Å². The van der Waals surface area contributed by atoms with E-state index in [1.807, 2.05) is 36.9 Å². The topological polar surface area (TPSA) is 23.5 Å². The molecule has 0 aromatic heterocycles. The number of hydrogen-bond donors (Lipinski definition) is 1. The lowest BCUT2D eigenvalue weighted by Gasteiger charge is -2.31. The smallest absolute Gasteiger partial charge is 0.0781 e. The third-order valence-corrected chi connectivity index (χ3v) is 3.86. The van der Waals surface area contributed by atoms with Gasteiger partial charge in [-0.25, -0.2) is 0 Å². The lowest BCUT2D eigenvalue weighted by Crippen LogP contribution is -2.33. The first-order chi connectivity index (χ1) is 8.11. The van der Waals surface area contributed by atoms with Gasteiger partial charge in [0.2, 0.25) is 0 Å². The Morgan fingerprint density at radius 1 is 1.35 bits per heavy atom. The molecule has 0 spiro atoms. The van der Waals surface area contributed by atoms with Crippen LogP contribution in [0, 0.1) is 0 Å². The van der Waals surface area contributed by atoms with E-state index in [4.69, 9.17) is 0 Å². The molecule has 0 bridgehead atoms. The van der Waals surface area contributed by atoms with Crippen LogP contribution in [-0.2, 0) is 0 Å². The second-order valence-corrected chi connectivity index (χ2v) is 5.27. The van der Waals surface area contributed by atoms with Gasteiger partial charge in [-0.15, -0.1) is 0 Å². The van der Waals surface area contributed by atoms with Crippen LogP contribution in [0.25, 0.3) is 0 Å². The van der Waals surface area contributed by atoms with E-state index in [9.17, 15) is 5.11 Å². The molecule has 2 nitrogen and oxygen atoms in total. The van der Waals surface area contributed by atoms with Crippen LogP contribution < -0.4 is 4.90 Å². The van der Waals surface area contributed by atoms with E-state index in [-0.39, 0.29) is 0 Å². The first kappa shape index (κ1) is 14.4. The minimum absolute atomic E-state index is 0.416. The molecule has 2 atom stereocenters. The summed E-state index contributed by atoms with van der Waals surface area (Å²) in [6.45, 7) is 4.03. The summed E-state index contributed by atoms with van der Waals surface area (Å²) >= 11 is 1.87. The van der Waals surface area contributed by atoms with Gasteiger partial charge in [0, 0.05) is 30.1 Å². The van der Waals surface area contributed by atoms with Crippen LogP contribution in [-0.4, -0.2) is 30.2 Å². The molecule has 0 amide bonds. The molecule has 96 valence electrons. The molecular formula is C14H23NOS. The second-order valence-electron chi connectivity index (χ2n) is 4.36. The highest BCUT2D eigenvalue weighted by molar-refractivity contribution is 7.98. The molecule has 0 fully saturated rings. The van der Waals surface area contributed by atoms with Crippen molar-refractivity contribution < 1.29 is 5.11 Å². The van der Waals surface area contributed by atoms with Crippen LogP contribution in [0.1, 0.15) is 31.9 Å². The summed E-state index contributed by atoms with van der Waals surface area (Å²) < 4.78 is 0. The molecule has 0 saturated carbocycles. The Hall–Kier alpha value is -0.670. The molecular weight excluding hydrogens is 230 g/mol. The van der Waals surface area contributed by atoms with Gasteiger partial charge >= 0.3 is 0 Å². The number of hydrogen-bond acceptors (Lipinski definition) is 3. The maximum atomic E-state index is 9.81. The zero-order valence-electron chi connectivity index (χ0n) is 11.2. The number of anilines is 1. The highest BCUT2D eigenvalue weighted by atomic mass is 32.2. The van der Waals surface area contributed by atoms with Crippen molar-refractivity contribution in [1.29, 1.82) is 0 Å². The van der Waals surface area contributed by atoms with E-state index in [0.717, 1.165) is 23.4 Å². The predicted octanol–water partition coefficient (Wildman–Crippen LogP) is 3.32. The number of aliphatic hydroxyl groups is 1. The van der Waals surface area contributed by atoms with Crippen LogP contribution in [0.4, 0.5) is 5.69 Å². The van der Waals surface area contributed by atoms with Crippen LogP contribution in [0.15, 0.2) is 24.3 Å². The van der Waals surface area contributed by atoms with E-state index in [1.165, 1.54) is 0 Å². The molecule has 1 unspecified atom stereocenters. The Kier molecular flexibility index (Phi) is 5.86. The number of thioether (sulfide) groups is 1. The van der Waals surface area contributed by atoms with Crippen molar-refractivity contribution in [3.8, 4) is 0 Å². The van der Waals surface area contributed by atoms with E-state index < -0.39 is 6.10 Å². The molecule has 0 heterocycles. The van der Waals surface area contributed by atoms with Gasteiger partial charge in [0.1, 0.15) is 0 Å². The normalized spacial score (nSPS) is 14.4. The molecule has 1 aromatic carbocycles. The average molecular weight is 253 g/mol. The van der Waals surface area contributed by atoms with Gasteiger partial charge in [-0.3, -0.25) is 0 Å². The first-order valence-corrected chi connectivity index (χ1v) is 7.49. The zero-order valence-corrected chi connectivity index (χ0v) is 12.0. The number of nitrogens with zero attached hydrogens (tertiary/aromatic N) is 1. The number of aliphatic hydroxyl groups excluding tert-OH is 1. The molecule has 17 heavy (non-hydrogen) atoms. The first-order valence-electron chi connectivity index (χ1n) is 6.10. The van der Waals surface area contributed by atoms with E-state index in [0.29, 0.717) is 6.04 Å². The minimum atomic E-state index is -0.416. The van der Waals surface area contributed by atoms with Gasteiger partial charge in [-0.1, -0.05) is 25.1 Å². The average Bonchev–Trinajstić information content (AvgIpc) is 2.35. The Morgan fingerprint density at radius 2 is 2.00 bits per heavy atom. The molecule has 0 radical (unpaired) electrons. The summed E-state index contributed by atoms with van der Waals surface area (Å²) in [4.78, 5) is 2.29. The van der Waals surface area contributed by atoms with Crippen LogP contribution in [0.5, 0.6) is 0 Å². The number of benzene rings is 1. The molecule has 0 saturated heterocycles. The van der Waals surface area contributed by atoms with Crippen molar-refractivity contribution in [1.82, 2.24) is 0 Å². The van der Waals surface area contributed by atoms with Crippen molar-refractivity contribution in [2.45, 2.75) is 32.4 Å². The van der Waals surface area contributed by atoms with E-state index in [2.05, 4.69) is 31.2 Å². The van der Waals surface area contributed by atoms with Crippen LogP contribution in [0.2, 0.25) is 0 Å². The number of rotatable bonds is 6.